The molecular weight excluding hydrogens is 294 g/mol. The SMILES string of the molecule is COc1ccc(C(=O)Nc2c(C)csc2C(=O)O)cc1O. The zero-order chi connectivity index (χ0) is 15.6. The summed E-state index contributed by atoms with van der Waals surface area (Å²) in [6.07, 6.45) is 0. The number of carbonyl (C=O) groups is 2. The van der Waals surface area contributed by atoms with Crippen molar-refractivity contribution < 1.29 is 24.5 Å². The van der Waals surface area contributed by atoms with Gasteiger partial charge in [0.25, 0.3) is 5.91 Å². The normalized spacial score (nSPS) is 10.2. The third-order valence-electron chi connectivity index (χ3n) is 2.85. The van der Waals surface area contributed by atoms with Gasteiger partial charge in [0.1, 0.15) is 4.88 Å². The van der Waals surface area contributed by atoms with Crippen molar-refractivity contribution >= 4 is 28.9 Å². The third-order valence-corrected chi connectivity index (χ3v) is 3.93. The molecule has 2 rings (SSSR count). The molecule has 3 N–H and O–H groups in total. The molecule has 0 spiro atoms. The second kappa shape index (κ2) is 5.84. The number of aromatic carboxylic acids is 1. The van der Waals surface area contributed by atoms with Gasteiger partial charge in [0.05, 0.1) is 12.8 Å². The van der Waals surface area contributed by atoms with E-state index < -0.39 is 11.9 Å². The highest BCUT2D eigenvalue weighted by atomic mass is 32.1. The minimum absolute atomic E-state index is 0.0681. The molecule has 1 amide bonds. The topological polar surface area (TPSA) is 95.9 Å². The molecule has 110 valence electrons. The predicted molar refractivity (Wildman–Crippen MR) is 78.6 cm³/mol. The fraction of sp³-hybridized carbons (Fsp3) is 0.143. The molecule has 2 aromatic rings. The molecule has 0 saturated heterocycles. The number of hydrogen-bond donors (Lipinski definition) is 3. The molecule has 0 aliphatic carbocycles. The molecule has 1 heterocycles. The highest BCUT2D eigenvalue weighted by molar-refractivity contribution is 7.12. The van der Waals surface area contributed by atoms with Crippen LogP contribution in [0.2, 0.25) is 0 Å². The number of phenols is 1. The van der Waals surface area contributed by atoms with Crippen LogP contribution in [0.3, 0.4) is 0 Å². The Bertz CT molecular complexity index is 707. The molecule has 21 heavy (non-hydrogen) atoms. The summed E-state index contributed by atoms with van der Waals surface area (Å²) in [5.74, 6) is -1.51. The number of thiophene rings is 1. The summed E-state index contributed by atoms with van der Waals surface area (Å²) in [7, 11) is 1.41. The lowest BCUT2D eigenvalue weighted by atomic mass is 10.1. The van der Waals surface area contributed by atoms with Crippen molar-refractivity contribution in [3.63, 3.8) is 0 Å². The molecule has 7 heteroatoms. The number of carbonyl (C=O) groups excluding carboxylic acids is 1. The summed E-state index contributed by atoms with van der Waals surface area (Å²) < 4.78 is 4.90. The van der Waals surface area contributed by atoms with Crippen molar-refractivity contribution in [2.45, 2.75) is 6.92 Å². The van der Waals surface area contributed by atoms with Crippen LogP contribution >= 0.6 is 11.3 Å². The average Bonchev–Trinajstić information content (AvgIpc) is 2.80. The van der Waals surface area contributed by atoms with Gasteiger partial charge >= 0.3 is 5.97 Å². The molecule has 0 unspecified atom stereocenters. The maximum Gasteiger partial charge on any atom is 0.348 e. The number of aryl methyl sites for hydroxylation is 1. The smallest absolute Gasteiger partial charge is 0.348 e. The Labute approximate surface area is 124 Å². The molecule has 0 fully saturated rings. The van der Waals surface area contributed by atoms with Crippen LogP contribution in [-0.2, 0) is 0 Å². The van der Waals surface area contributed by atoms with E-state index in [0.29, 0.717) is 5.56 Å². The van der Waals surface area contributed by atoms with Gasteiger partial charge in [0, 0.05) is 5.56 Å². The van der Waals surface area contributed by atoms with Gasteiger partial charge in [0.15, 0.2) is 11.5 Å². The van der Waals surface area contributed by atoms with Gasteiger partial charge in [-0.2, -0.15) is 0 Å². The summed E-state index contributed by atoms with van der Waals surface area (Å²) in [6.45, 7) is 1.71. The molecule has 0 atom stereocenters. The number of phenolic OH excluding ortho intramolecular Hbond substituents is 1. The number of nitrogens with one attached hydrogen (secondary N) is 1. The van der Waals surface area contributed by atoms with Crippen LogP contribution in [-0.4, -0.2) is 29.2 Å². The van der Waals surface area contributed by atoms with E-state index in [-0.39, 0.29) is 27.6 Å². The van der Waals surface area contributed by atoms with Gasteiger partial charge in [-0.1, -0.05) is 0 Å². The summed E-state index contributed by atoms with van der Waals surface area (Å²) in [6, 6.07) is 4.20. The van der Waals surface area contributed by atoms with Gasteiger partial charge in [-0.15, -0.1) is 11.3 Å². The summed E-state index contributed by atoms with van der Waals surface area (Å²) >= 11 is 1.05. The summed E-state index contributed by atoms with van der Waals surface area (Å²) in [5, 5.41) is 23.0. The Hall–Kier alpha value is -2.54. The summed E-state index contributed by atoms with van der Waals surface area (Å²) in [5.41, 5.74) is 1.14. The van der Waals surface area contributed by atoms with Crippen molar-refractivity contribution in [2.75, 3.05) is 12.4 Å². The van der Waals surface area contributed by atoms with E-state index in [4.69, 9.17) is 9.84 Å². The van der Waals surface area contributed by atoms with E-state index in [1.54, 1.807) is 12.3 Å². The highest BCUT2D eigenvalue weighted by Gasteiger charge is 2.18. The van der Waals surface area contributed by atoms with Crippen LogP contribution in [0.4, 0.5) is 5.69 Å². The van der Waals surface area contributed by atoms with E-state index >= 15 is 0 Å². The summed E-state index contributed by atoms with van der Waals surface area (Å²) in [4.78, 5) is 23.3. The maximum atomic E-state index is 12.1. The van der Waals surface area contributed by atoms with Crippen molar-refractivity contribution in [2.24, 2.45) is 0 Å². The first-order valence-electron chi connectivity index (χ1n) is 5.93. The number of benzene rings is 1. The number of methoxy groups -OCH3 is 1. The number of ether oxygens (including phenoxy) is 1. The van der Waals surface area contributed by atoms with Gasteiger partial charge in [-0.3, -0.25) is 4.79 Å². The molecule has 1 aromatic carbocycles. The zero-order valence-corrected chi connectivity index (χ0v) is 12.2. The number of aromatic hydroxyl groups is 1. The molecule has 1 aromatic heterocycles. The Kier molecular flexibility index (Phi) is 4.13. The van der Waals surface area contributed by atoms with Crippen LogP contribution < -0.4 is 10.1 Å². The lowest BCUT2D eigenvalue weighted by Crippen LogP contribution is -2.14. The Balaban J connectivity index is 2.28. The quantitative estimate of drug-likeness (QED) is 0.807. The second-order valence-corrected chi connectivity index (χ2v) is 5.15. The standard InChI is InChI=1S/C14H13NO5S/c1-7-6-21-12(14(18)19)11(7)15-13(17)8-3-4-10(20-2)9(16)5-8/h3-6,16H,1-2H3,(H,15,17)(H,18,19). The number of anilines is 1. The zero-order valence-electron chi connectivity index (χ0n) is 11.3. The van der Waals surface area contributed by atoms with E-state index in [1.807, 2.05) is 0 Å². The molecule has 0 radical (unpaired) electrons. The van der Waals surface area contributed by atoms with E-state index in [2.05, 4.69) is 5.32 Å². The Morgan fingerprint density at radius 1 is 1.33 bits per heavy atom. The first-order chi connectivity index (χ1) is 9.93. The van der Waals surface area contributed by atoms with Gasteiger partial charge < -0.3 is 20.3 Å². The van der Waals surface area contributed by atoms with Gasteiger partial charge in [-0.05, 0) is 36.1 Å². The first kappa shape index (κ1) is 14.9. The average molecular weight is 307 g/mol. The predicted octanol–water partition coefficient (Wildman–Crippen LogP) is 2.72. The van der Waals surface area contributed by atoms with Gasteiger partial charge in [-0.25, -0.2) is 4.79 Å². The molecule has 0 aliphatic rings. The monoisotopic (exact) mass is 307 g/mol. The third kappa shape index (κ3) is 2.97. The molecule has 0 aliphatic heterocycles. The number of carboxylic acid groups (broad SMARTS) is 1. The number of carboxylic acids is 1. The van der Waals surface area contributed by atoms with Crippen molar-refractivity contribution in [1.29, 1.82) is 0 Å². The highest BCUT2D eigenvalue weighted by Crippen LogP contribution is 2.30. The Morgan fingerprint density at radius 2 is 2.05 bits per heavy atom. The fourth-order valence-corrected chi connectivity index (χ4v) is 2.62. The van der Waals surface area contributed by atoms with E-state index in [1.165, 1.54) is 25.3 Å². The van der Waals surface area contributed by atoms with E-state index in [9.17, 15) is 14.7 Å². The van der Waals surface area contributed by atoms with E-state index in [0.717, 1.165) is 11.3 Å². The minimum atomic E-state index is -1.10. The van der Waals surface area contributed by atoms with Crippen LogP contribution in [0.1, 0.15) is 25.6 Å². The number of rotatable bonds is 4. The van der Waals surface area contributed by atoms with Crippen LogP contribution in [0.5, 0.6) is 11.5 Å². The fourth-order valence-electron chi connectivity index (χ4n) is 1.77. The lowest BCUT2D eigenvalue weighted by molar-refractivity contribution is 0.0703. The molecule has 6 nitrogen and oxygen atoms in total. The second-order valence-electron chi connectivity index (χ2n) is 4.27. The number of amides is 1. The minimum Gasteiger partial charge on any atom is -0.504 e. The Morgan fingerprint density at radius 3 is 2.62 bits per heavy atom. The number of hydrogen-bond acceptors (Lipinski definition) is 5. The largest absolute Gasteiger partial charge is 0.504 e. The lowest BCUT2D eigenvalue weighted by Gasteiger charge is -2.08. The molecule has 0 bridgehead atoms. The molecular formula is C14H13NO5S. The van der Waals surface area contributed by atoms with Crippen molar-refractivity contribution in [3.8, 4) is 11.5 Å². The van der Waals surface area contributed by atoms with Crippen LogP contribution in [0, 0.1) is 6.92 Å². The van der Waals surface area contributed by atoms with Crippen molar-refractivity contribution in [1.82, 2.24) is 0 Å². The van der Waals surface area contributed by atoms with Crippen LogP contribution in [0.15, 0.2) is 23.6 Å². The maximum absolute atomic E-state index is 12.1. The molecule has 0 saturated carbocycles. The van der Waals surface area contributed by atoms with Crippen molar-refractivity contribution in [3.05, 3.63) is 39.6 Å². The van der Waals surface area contributed by atoms with Gasteiger partial charge in [0.2, 0.25) is 0 Å². The van der Waals surface area contributed by atoms with Crippen LogP contribution in [0.25, 0.3) is 0 Å². The first-order valence-corrected chi connectivity index (χ1v) is 6.81.